The fourth-order valence-corrected chi connectivity index (χ4v) is 2.02. The lowest BCUT2D eigenvalue weighted by molar-refractivity contribution is 0.570. The van der Waals surface area contributed by atoms with E-state index in [1.807, 2.05) is 5.38 Å². The molecular formula is C12H13FN2S. The van der Waals surface area contributed by atoms with Gasteiger partial charge in [0.15, 0.2) is 0 Å². The average molecular weight is 236 g/mol. The Labute approximate surface area is 98.2 Å². The SMILES string of the molecule is C[C@@H](NCc1nccs1)c1ccc(F)cc1. The topological polar surface area (TPSA) is 24.9 Å². The van der Waals surface area contributed by atoms with Gasteiger partial charge in [0, 0.05) is 24.2 Å². The summed E-state index contributed by atoms with van der Waals surface area (Å²) in [5.41, 5.74) is 1.08. The molecule has 16 heavy (non-hydrogen) atoms. The Morgan fingerprint density at radius 3 is 2.75 bits per heavy atom. The zero-order chi connectivity index (χ0) is 11.4. The molecule has 2 nitrogen and oxygen atoms in total. The summed E-state index contributed by atoms with van der Waals surface area (Å²) in [5.74, 6) is -0.198. The number of halogens is 1. The lowest BCUT2D eigenvalue weighted by Gasteiger charge is -2.12. The van der Waals surface area contributed by atoms with Gasteiger partial charge in [-0.05, 0) is 24.6 Å². The molecule has 0 spiro atoms. The van der Waals surface area contributed by atoms with Crippen molar-refractivity contribution in [2.24, 2.45) is 0 Å². The zero-order valence-corrected chi connectivity index (χ0v) is 9.80. The highest BCUT2D eigenvalue weighted by molar-refractivity contribution is 7.09. The Morgan fingerprint density at radius 2 is 2.12 bits per heavy atom. The molecule has 0 bridgehead atoms. The first-order valence-corrected chi connectivity index (χ1v) is 6.01. The zero-order valence-electron chi connectivity index (χ0n) is 8.98. The molecule has 0 radical (unpaired) electrons. The third-order valence-corrected chi connectivity index (χ3v) is 3.19. The molecule has 0 amide bonds. The highest BCUT2D eigenvalue weighted by Crippen LogP contribution is 2.14. The van der Waals surface area contributed by atoms with Crippen LogP contribution in [0.5, 0.6) is 0 Å². The van der Waals surface area contributed by atoms with Crippen LogP contribution in [0.3, 0.4) is 0 Å². The van der Waals surface area contributed by atoms with Gasteiger partial charge in [0.2, 0.25) is 0 Å². The van der Waals surface area contributed by atoms with E-state index in [-0.39, 0.29) is 11.9 Å². The van der Waals surface area contributed by atoms with Gasteiger partial charge in [-0.2, -0.15) is 0 Å². The van der Waals surface area contributed by atoms with Gasteiger partial charge in [0.1, 0.15) is 10.8 Å². The standard InChI is InChI=1S/C12H13FN2S/c1-9(10-2-4-11(13)5-3-10)15-8-12-14-6-7-16-12/h2-7,9,15H,8H2,1H3/t9-/m1/s1. The molecule has 0 unspecified atom stereocenters. The molecule has 0 aliphatic carbocycles. The smallest absolute Gasteiger partial charge is 0.123 e. The van der Waals surface area contributed by atoms with Crippen LogP contribution in [0.25, 0.3) is 0 Å². The first-order valence-electron chi connectivity index (χ1n) is 5.13. The molecule has 1 N–H and O–H groups in total. The van der Waals surface area contributed by atoms with Crippen molar-refractivity contribution in [2.75, 3.05) is 0 Å². The Bertz CT molecular complexity index is 425. The largest absolute Gasteiger partial charge is 0.304 e. The van der Waals surface area contributed by atoms with Gasteiger partial charge >= 0.3 is 0 Å². The Kier molecular flexibility index (Phi) is 3.64. The van der Waals surface area contributed by atoms with Gasteiger partial charge in [0.25, 0.3) is 0 Å². The average Bonchev–Trinajstić information content (AvgIpc) is 2.80. The van der Waals surface area contributed by atoms with Crippen molar-refractivity contribution < 1.29 is 4.39 Å². The quantitative estimate of drug-likeness (QED) is 0.882. The van der Waals surface area contributed by atoms with Crippen molar-refractivity contribution in [3.05, 3.63) is 52.2 Å². The molecule has 2 rings (SSSR count). The molecular weight excluding hydrogens is 223 g/mol. The Balaban J connectivity index is 1.93. The second-order valence-corrected chi connectivity index (χ2v) is 4.56. The van der Waals surface area contributed by atoms with E-state index >= 15 is 0 Å². The molecule has 1 heterocycles. The van der Waals surface area contributed by atoms with E-state index in [0.717, 1.165) is 17.1 Å². The second-order valence-electron chi connectivity index (χ2n) is 3.58. The summed E-state index contributed by atoms with van der Waals surface area (Å²) in [7, 11) is 0. The number of benzene rings is 1. The Hall–Kier alpha value is -1.26. The number of nitrogens with one attached hydrogen (secondary N) is 1. The van der Waals surface area contributed by atoms with E-state index in [1.165, 1.54) is 12.1 Å². The summed E-state index contributed by atoms with van der Waals surface area (Å²) in [5, 5.41) is 6.37. The fraction of sp³-hybridized carbons (Fsp3) is 0.250. The molecule has 0 saturated carbocycles. The van der Waals surface area contributed by atoms with E-state index in [4.69, 9.17) is 0 Å². The third-order valence-electron chi connectivity index (χ3n) is 2.41. The van der Waals surface area contributed by atoms with Gasteiger partial charge in [-0.25, -0.2) is 9.37 Å². The van der Waals surface area contributed by atoms with E-state index in [9.17, 15) is 4.39 Å². The van der Waals surface area contributed by atoms with Gasteiger partial charge in [-0.15, -0.1) is 11.3 Å². The number of aromatic nitrogens is 1. The second kappa shape index (κ2) is 5.18. The molecule has 1 aromatic heterocycles. The summed E-state index contributed by atoms with van der Waals surface area (Å²) in [6, 6.07) is 6.77. The van der Waals surface area contributed by atoms with Crippen LogP contribution < -0.4 is 5.32 Å². The monoisotopic (exact) mass is 236 g/mol. The number of thiazole rings is 1. The van der Waals surface area contributed by atoms with Crippen LogP contribution in [0.2, 0.25) is 0 Å². The molecule has 84 valence electrons. The highest BCUT2D eigenvalue weighted by atomic mass is 32.1. The summed E-state index contributed by atoms with van der Waals surface area (Å²) < 4.78 is 12.7. The molecule has 0 aliphatic rings. The van der Waals surface area contributed by atoms with Crippen molar-refractivity contribution in [1.82, 2.24) is 10.3 Å². The maximum Gasteiger partial charge on any atom is 0.123 e. The van der Waals surface area contributed by atoms with E-state index in [2.05, 4.69) is 17.2 Å². The minimum Gasteiger partial charge on any atom is -0.304 e. The van der Waals surface area contributed by atoms with Crippen LogP contribution >= 0.6 is 11.3 Å². The molecule has 1 aromatic carbocycles. The molecule has 1 atom stereocenters. The van der Waals surface area contributed by atoms with Gasteiger partial charge in [-0.1, -0.05) is 12.1 Å². The molecule has 0 aliphatic heterocycles. The summed E-state index contributed by atoms with van der Waals surface area (Å²) in [6.45, 7) is 2.80. The van der Waals surface area contributed by atoms with Crippen LogP contribution in [0, 0.1) is 5.82 Å². The van der Waals surface area contributed by atoms with Crippen molar-refractivity contribution in [3.8, 4) is 0 Å². The number of nitrogens with zero attached hydrogens (tertiary/aromatic N) is 1. The van der Waals surface area contributed by atoms with Crippen molar-refractivity contribution in [1.29, 1.82) is 0 Å². The minimum absolute atomic E-state index is 0.198. The number of hydrogen-bond acceptors (Lipinski definition) is 3. The van der Waals surface area contributed by atoms with Crippen molar-refractivity contribution >= 4 is 11.3 Å². The predicted octanol–water partition coefficient (Wildman–Crippen LogP) is 3.13. The Morgan fingerprint density at radius 1 is 1.38 bits per heavy atom. The lowest BCUT2D eigenvalue weighted by Crippen LogP contribution is -2.17. The van der Waals surface area contributed by atoms with E-state index in [0.29, 0.717) is 0 Å². The normalized spacial score (nSPS) is 12.6. The van der Waals surface area contributed by atoms with Gasteiger partial charge in [0.05, 0.1) is 0 Å². The van der Waals surface area contributed by atoms with Crippen molar-refractivity contribution in [3.63, 3.8) is 0 Å². The number of rotatable bonds is 4. The summed E-state index contributed by atoms with van der Waals surface area (Å²) >= 11 is 1.63. The van der Waals surface area contributed by atoms with Crippen molar-refractivity contribution in [2.45, 2.75) is 19.5 Å². The van der Waals surface area contributed by atoms with Crippen LogP contribution in [0.1, 0.15) is 23.5 Å². The van der Waals surface area contributed by atoms with Gasteiger partial charge < -0.3 is 5.32 Å². The summed E-state index contributed by atoms with van der Waals surface area (Å²) in [6.07, 6.45) is 1.80. The molecule has 0 fully saturated rings. The third kappa shape index (κ3) is 2.87. The summed E-state index contributed by atoms with van der Waals surface area (Å²) in [4.78, 5) is 4.19. The van der Waals surface area contributed by atoms with E-state index < -0.39 is 0 Å². The maximum atomic E-state index is 12.7. The molecule has 4 heteroatoms. The van der Waals surface area contributed by atoms with Crippen LogP contribution in [-0.4, -0.2) is 4.98 Å². The predicted molar refractivity (Wildman–Crippen MR) is 63.8 cm³/mol. The first-order chi connectivity index (χ1) is 7.75. The highest BCUT2D eigenvalue weighted by Gasteiger charge is 2.05. The first kappa shape index (κ1) is 11.2. The maximum absolute atomic E-state index is 12.7. The minimum atomic E-state index is -0.198. The van der Waals surface area contributed by atoms with Gasteiger partial charge in [-0.3, -0.25) is 0 Å². The van der Waals surface area contributed by atoms with Crippen LogP contribution in [-0.2, 0) is 6.54 Å². The lowest BCUT2D eigenvalue weighted by atomic mass is 10.1. The van der Waals surface area contributed by atoms with E-state index in [1.54, 1.807) is 29.7 Å². The number of hydrogen-bond donors (Lipinski definition) is 1. The fourth-order valence-electron chi connectivity index (χ4n) is 1.45. The molecule has 0 saturated heterocycles. The van der Waals surface area contributed by atoms with Crippen LogP contribution in [0.15, 0.2) is 35.8 Å². The molecule has 2 aromatic rings. The van der Waals surface area contributed by atoms with Crippen LogP contribution in [0.4, 0.5) is 4.39 Å².